The molecule has 2 fully saturated rings. The number of hydrogen-bond acceptors (Lipinski definition) is 11. The summed E-state index contributed by atoms with van der Waals surface area (Å²) in [7, 11) is 0. The van der Waals surface area contributed by atoms with Crippen LogP contribution in [0.1, 0.15) is 0 Å². The van der Waals surface area contributed by atoms with Gasteiger partial charge in [-0.2, -0.15) is 0 Å². The quantitative estimate of drug-likeness (QED) is 0.242. The van der Waals surface area contributed by atoms with Gasteiger partial charge >= 0.3 is 0 Å². The lowest BCUT2D eigenvalue weighted by atomic mass is 9.95. The molecule has 10 atom stereocenters. The van der Waals surface area contributed by atoms with Gasteiger partial charge in [0, 0.05) is 13.1 Å². The number of ether oxygens (including phenoxy) is 3. The maximum absolute atomic E-state index is 10.2. The van der Waals surface area contributed by atoms with Crippen LogP contribution in [-0.2, 0) is 14.2 Å². The van der Waals surface area contributed by atoms with E-state index in [0.717, 1.165) is 0 Å². The maximum atomic E-state index is 10.2. The lowest BCUT2D eigenvalue weighted by Gasteiger charge is -2.46. The van der Waals surface area contributed by atoms with Crippen LogP contribution in [0.5, 0.6) is 0 Å². The normalized spacial score (nSPS) is 51.7. The molecular formula is C12H26N4O7. The second kappa shape index (κ2) is 7.63. The van der Waals surface area contributed by atoms with Crippen LogP contribution in [0, 0.1) is 0 Å². The number of aliphatic hydroxyl groups is 4. The lowest BCUT2D eigenvalue weighted by molar-refractivity contribution is -0.316. The average molecular weight is 338 g/mol. The van der Waals surface area contributed by atoms with Gasteiger partial charge in [-0.05, 0) is 0 Å². The molecule has 2 rings (SSSR count). The first-order valence-corrected chi connectivity index (χ1v) is 7.41. The first kappa shape index (κ1) is 18.9. The van der Waals surface area contributed by atoms with Crippen molar-refractivity contribution in [1.29, 1.82) is 0 Å². The van der Waals surface area contributed by atoms with Crippen molar-refractivity contribution < 1.29 is 34.6 Å². The molecule has 11 heteroatoms. The SMILES string of the molecule is NCC1O[C@H](O[C@@H]2C(CN)O[C@H](O)C(N)C2O)C(N)C(O)[C@@H]1O. The first-order chi connectivity index (χ1) is 10.8. The van der Waals surface area contributed by atoms with Gasteiger partial charge in [0.25, 0.3) is 0 Å². The van der Waals surface area contributed by atoms with Crippen LogP contribution in [0.4, 0.5) is 0 Å². The van der Waals surface area contributed by atoms with Gasteiger partial charge in [0.1, 0.15) is 36.6 Å². The second-order valence-corrected chi connectivity index (χ2v) is 5.81. The maximum Gasteiger partial charge on any atom is 0.176 e. The Morgan fingerprint density at radius 1 is 0.783 bits per heavy atom. The zero-order valence-corrected chi connectivity index (χ0v) is 12.5. The summed E-state index contributed by atoms with van der Waals surface area (Å²) in [6, 6.07) is -2.19. The highest BCUT2D eigenvalue weighted by atomic mass is 16.7. The smallest absolute Gasteiger partial charge is 0.176 e. The van der Waals surface area contributed by atoms with E-state index in [2.05, 4.69) is 0 Å². The van der Waals surface area contributed by atoms with E-state index in [0.29, 0.717) is 0 Å². The molecule has 11 nitrogen and oxygen atoms in total. The molecule has 136 valence electrons. The summed E-state index contributed by atoms with van der Waals surface area (Å²) in [5.41, 5.74) is 22.5. The van der Waals surface area contributed by atoms with Gasteiger partial charge in [-0.15, -0.1) is 0 Å². The van der Waals surface area contributed by atoms with Crippen LogP contribution in [0.2, 0.25) is 0 Å². The fraction of sp³-hybridized carbons (Fsp3) is 1.00. The van der Waals surface area contributed by atoms with Crippen LogP contribution in [-0.4, -0.2) is 94.8 Å². The Hall–Kier alpha value is -0.440. The van der Waals surface area contributed by atoms with Crippen molar-refractivity contribution in [1.82, 2.24) is 0 Å². The Morgan fingerprint density at radius 3 is 1.96 bits per heavy atom. The second-order valence-electron chi connectivity index (χ2n) is 5.81. The lowest BCUT2D eigenvalue weighted by Crippen LogP contribution is -2.68. The zero-order valence-electron chi connectivity index (χ0n) is 12.5. The molecule has 23 heavy (non-hydrogen) atoms. The fourth-order valence-electron chi connectivity index (χ4n) is 2.74. The fourth-order valence-corrected chi connectivity index (χ4v) is 2.74. The molecule has 0 aromatic carbocycles. The van der Waals surface area contributed by atoms with E-state index in [4.69, 9.17) is 37.1 Å². The Bertz CT molecular complexity index is 388. The van der Waals surface area contributed by atoms with E-state index in [1.165, 1.54) is 0 Å². The minimum atomic E-state index is -1.39. The third-order valence-electron chi connectivity index (χ3n) is 4.25. The van der Waals surface area contributed by atoms with Crippen LogP contribution in [0.25, 0.3) is 0 Å². The van der Waals surface area contributed by atoms with Crippen molar-refractivity contribution in [2.24, 2.45) is 22.9 Å². The molecule has 0 spiro atoms. The Balaban J connectivity index is 2.11. The summed E-state index contributed by atoms with van der Waals surface area (Å²) in [6.45, 7) is -0.119. The molecule has 6 unspecified atom stereocenters. The topological polar surface area (TPSA) is 213 Å². The number of aliphatic hydroxyl groups excluding tert-OH is 4. The monoisotopic (exact) mass is 338 g/mol. The largest absolute Gasteiger partial charge is 0.388 e. The molecule has 0 aliphatic carbocycles. The van der Waals surface area contributed by atoms with Gasteiger partial charge in [-0.3, -0.25) is 0 Å². The van der Waals surface area contributed by atoms with Crippen molar-refractivity contribution in [3.63, 3.8) is 0 Å². The zero-order chi connectivity index (χ0) is 17.3. The van der Waals surface area contributed by atoms with Crippen LogP contribution >= 0.6 is 0 Å². The standard InChI is InChI=1S/C12H26N4O7/c13-1-3-7(17)8(18)6(16)12(22-3)23-10-4(2-14)21-11(20)5(15)9(10)19/h3-12,17-20H,1-2,13-16H2/t3?,4?,5?,6?,7-,8?,9?,10-,11+,12-/m1/s1. The number of nitrogens with two attached hydrogens (primary N) is 4. The van der Waals surface area contributed by atoms with Gasteiger partial charge in [-0.25, -0.2) is 0 Å². The average Bonchev–Trinajstić information content (AvgIpc) is 2.55. The van der Waals surface area contributed by atoms with Crippen molar-refractivity contribution in [3.05, 3.63) is 0 Å². The Labute approximate surface area is 133 Å². The first-order valence-electron chi connectivity index (χ1n) is 7.41. The summed E-state index contributed by atoms with van der Waals surface area (Å²) >= 11 is 0. The highest BCUT2D eigenvalue weighted by Gasteiger charge is 2.48. The summed E-state index contributed by atoms with van der Waals surface area (Å²) in [5, 5.41) is 39.6. The summed E-state index contributed by atoms with van der Waals surface area (Å²) < 4.78 is 16.2. The number of hydrogen-bond donors (Lipinski definition) is 8. The predicted molar refractivity (Wildman–Crippen MR) is 76.5 cm³/mol. The minimum absolute atomic E-state index is 0.0566. The van der Waals surface area contributed by atoms with Gasteiger partial charge in [0.15, 0.2) is 12.6 Å². The molecule has 2 saturated heterocycles. The highest BCUT2D eigenvalue weighted by molar-refractivity contribution is 4.96. The summed E-state index contributed by atoms with van der Waals surface area (Å²) in [5.74, 6) is 0. The summed E-state index contributed by atoms with van der Waals surface area (Å²) in [4.78, 5) is 0. The van der Waals surface area contributed by atoms with E-state index in [1.807, 2.05) is 0 Å². The van der Waals surface area contributed by atoms with E-state index in [-0.39, 0.29) is 13.1 Å². The molecule has 0 bridgehead atoms. The summed E-state index contributed by atoms with van der Waals surface area (Å²) in [6.07, 6.45) is -9.18. The van der Waals surface area contributed by atoms with Crippen molar-refractivity contribution in [2.45, 2.75) is 61.3 Å². The molecule has 2 heterocycles. The molecule has 0 radical (unpaired) electrons. The van der Waals surface area contributed by atoms with Gasteiger partial charge in [0.2, 0.25) is 0 Å². The van der Waals surface area contributed by atoms with Gasteiger partial charge in [-0.1, -0.05) is 0 Å². The Morgan fingerprint density at radius 2 is 1.39 bits per heavy atom. The van der Waals surface area contributed by atoms with Crippen molar-refractivity contribution in [3.8, 4) is 0 Å². The molecule has 0 saturated carbocycles. The van der Waals surface area contributed by atoms with Crippen molar-refractivity contribution >= 4 is 0 Å². The molecule has 0 amide bonds. The van der Waals surface area contributed by atoms with E-state index in [9.17, 15) is 20.4 Å². The van der Waals surface area contributed by atoms with Crippen molar-refractivity contribution in [2.75, 3.05) is 13.1 Å². The van der Waals surface area contributed by atoms with E-state index >= 15 is 0 Å². The Kier molecular flexibility index (Phi) is 6.27. The van der Waals surface area contributed by atoms with E-state index in [1.54, 1.807) is 0 Å². The molecule has 12 N–H and O–H groups in total. The number of rotatable bonds is 4. The molecule has 0 aromatic heterocycles. The van der Waals surface area contributed by atoms with Gasteiger partial charge in [0.05, 0.1) is 12.1 Å². The third-order valence-corrected chi connectivity index (χ3v) is 4.25. The van der Waals surface area contributed by atoms with Gasteiger partial charge < -0.3 is 57.6 Å². The predicted octanol–water partition coefficient (Wildman–Crippen LogP) is -5.53. The minimum Gasteiger partial charge on any atom is -0.388 e. The van der Waals surface area contributed by atoms with E-state index < -0.39 is 61.3 Å². The molecule has 0 aromatic rings. The van der Waals surface area contributed by atoms with Crippen LogP contribution in [0.3, 0.4) is 0 Å². The highest BCUT2D eigenvalue weighted by Crippen LogP contribution is 2.26. The van der Waals surface area contributed by atoms with Crippen LogP contribution < -0.4 is 22.9 Å². The van der Waals surface area contributed by atoms with Crippen LogP contribution in [0.15, 0.2) is 0 Å². The molecular weight excluding hydrogens is 312 g/mol. The molecule has 2 aliphatic rings. The molecule has 2 aliphatic heterocycles. The third kappa shape index (κ3) is 3.65.